The summed E-state index contributed by atoms with van der Waals surface area (Å²) in [5.74, 6) is 1.26. The fourth-order valence-corrected chi connectivity index (χ4v) is 2.70. The van der Waals surface area contributed by atoms with Gasteiger partial charge in [-0.05, 0) is 68.3 Å². The summed E-state index contributed by atoms with van der Waals surface area (Å²) in [6.07, 6.45) is 0. The minimum absolute atomic E-state index is 0.0323. The molecule has 2 rings (SSSR count). The first-order valence-corrected chi connectivity index (χ1v) is 7.38. The molecular weight excluding hydrogens is 411 g/mol. The summed E-state index contributed by atoms with van der Waals surface area (Å²) in [6.45, 7) is 0. The van der Waals surface area contributed by atoms with E-state index < -0.39 is 0 Å². The summed E-state index contributed by atoms with van der Waals surface area (Å²) in [6, 6.07) is 10.4. The lowest BCUT2D eigenvalue weighted by Crippen LogP contribution is -2.12. The van der Waals surface area contributed by atoms with Gasteiger partial charge in [-0.1, -0.05) is 16.8 Å². The fourth-order valence-electron chi connectivity index (χ4n) is 1.48. The Balaban J connectivity index is 2.30. The second-order valence-corrected chi connectivity index (χ2v) is 5.95. The first kappa shape index (κ1) is 15.2. The first-order chi connectivity index (χ1) is 9.51. The molecule has 0 aliphatic rings. The molecule has 0 radical (unpaired) electrons. The highest BCUT2D eigenvalue weighted by molar-refractivity contribution is 9.11. The number of nitrogens with zero attached hydrogens (tertiary/aromatic N) is 1. The van der Waals surface area contributed by atoms with Gasteiger partial charge in [0.15, 0.2) is 5.84 Å². The van der Waals surface area contributed by atoms with Crippen molar-refractivity contribution in [2.75, 3.05) is 0 Å². The minimum atomic E-state index is 0.0323. The zero-order chi connectivity index (χ0) is 14.7. The number of hydrogen-bond acceptors (Lipinski definition) is 3. The van der Waals surface area contributed by atoms with Crippen LogP contribution in [-0.2, 0) is 0 Å². The maximum Gasteiger partial charge on any atom is 0.170 e. The number of halogens is 3. The van der Waals surface area contributed by atoms with E-state index in [0.717, 1.165) is 4.47 Å². The minimum Gasteiger partial charge on any atom is -0.455 e. The Hall–Kier alpha value is -1.24. The smallest absolute Gasteiger partial charge is 0.170 e. The van der Waals surface area contributed by atoms with E-state index in [2.05, 4.69) is 37.0 Å². The standard InChI is InChI=1S/C13H9Br2ClN2O2/c14-9-5-7(13(17)18-19)1-3-11(9)20-12-4-2-8(16)6-10(12)15/h1-6,19H,(H2,17,18). The van der Waals surface area contributed by atoms with Crippen LogP contribution in [-0.4, -0.2) is 11.0 Å². The fraction of sp³-hybridized carbons (Fsp3) is 0. The monoisotopic (exact) mass is 418 g/mol. The third kappa shape index (κ3) is 3.45. The van der Waals surface area contributed by atoms with Gasteiger partial charge < -0.3 is 15.7 Å². The summed E-state index contributed by atoms with van der Waals surface area (Å²) in [5.41, 5.74) is 6.11. The van der Waals surface area contributed by atoms with E-state index in [4.69, 9.17) is 27.3 Å². The van der Waals surface area contributed by atoms with Gasteiger partial charge in [-0.2, -0.15) is 0 Å². The molecule has 0 fully saturated rings. The first-order valence-electron chi connectivity index (χ1n) is 5.41. The molecule has 2 aromatic rings. The Kier molecular flexibility index (Phi) is 4.91. The van der Waals surface area contributed by atoms with Gasteiger partial charge in [0.2, 0.25) is 0 Å². The molecule has 20 heavy (non-hydrogen) atoms. The van der Waals surface area contributed by atoms with Crippen LogP contribution in [0.25, 0.3) is 0 Å². The second kappa shape index (κ2) is 6.47. The molecule has 3 N–H and O–H groups in total. The Labute approximate surface area is 137 Å². The average Bonchev–Trinajstić information content (AvgIpc) is 2.42. The zero-order valence-electron chi connectivity index (χ0n) is 9.98. The van der Waals surface area contributed by atoms with Gasteiger partial charge in [-0.15, -0.1) is 0 Å². The summed E-state index contributed by atoms with van der Waals surface area (Å²) < 4.78 is 7.20. The molecule has 0 aliphatic carbocycles. The number of nitrogens with two attached hydrogens (primary N) is 1. The van der Waals surface area contributed by atoms with Gasteiger partial charge in [0.05, 0.1) is 8.95 Å². The molecule has 0 amide bonds. The van der Waals surface area contributed by atoms with Crippen LogP contribution in [0.5, 0.6) is 11.5 Å². The number of amidine groups is 1. The van der Waals surface area contributed by atoms with Gasteiger partial charge in [0.1, 0.15) is 11.5 Å². The molecule has 0 aliphatic heterocycles. The van der Waals surface area contributed by atoms with Crippen LogP contribution in [0.3, 0.4) is 0 Å². The Morgan fingerprint density at radius 2 is 1.70 bits per heavy atom. The number of rotatable bonds is 3. The summed E-state index contributed by atoms with van der Waals surface area (Å²) in [4.78, 5) is 0. The predicted octanol–water partition coefficient (Wildman–Crippen LogP) is 4.75. The summed E-state index contributed by atoms with van der Waals surface area (Å²) >= 11 is 12.6. The molecule has 0 saturated carbocycles. The van der Waals surface area contributed by atoms with Crippen LogP contribution >= 0.6 is 43.5 Å². The van der Waals surface area contributed by atoms with E-state index in [1.165, 1.54) is 0 Å². The van der Waals surface area contributed by atoms with Crippen molar-refractivity contribution in [1.29, 1.82) is 0 Å². The van der Waals surface area contributed by atoms with Crippen LogP contribution in [0, 0.1) is 0 Å². The van der Waals surface area contributed by atoms with E-state index in [1.807, 2.05) is 0 Å². The number of hydrogen-bond donors (Lipinski definition) is 2. The van der Waals surface area contributed by atoms with E-state index in [-0.39, 0.29) is 5.84 Å². The molecule has 0 spiro atoms. The maximum atomic E-state index is 8.64. The van der Waals surface area contributed by atoms with Gasteiger partial charge in [0, 0.05) is 10.6 Å². The molecular formula is C13H9Br2ClN2O2. The third-order valence-electron chi connectivity index (χ3n) is 2.45. The van der Waals surface area contributed by atoms with Crippen molar-refractivity contribution in [2.24, 2.45) is 10.9 Å². The summed E-state index contributed by atoms with van der Waals surface area (Å²) in [7, 11) is 0. The summed E-state index contributed by atoms with van der Waals surface area (Å²) in [5, 5.41) is 12.2. The van der Waals surface area contributed by atoms with Gasteiger partial charge in [-0.3, -0.25) is 0 Å². The molecule has 0 heterocycles. The van der Waals surface area contributed by atoms with Crippen molar-refractivity contribution >= 4 is 49.3 Å². The number of benzene rings is 2. The van der Waals surface area contributed by atoms with Gasteiger partial charge >= 0.3 is 0 Å². The number of oxime groups is 1. The number of ether oxygens (including phenoxy) is 1. The van der Waals surface area contributed by atoms with Crippen molar-refractivity contribution in [3.05, 3.63) is 55.9 Å². The molecule has 2 aromatic carbocycles. The molecule has 104 valence electrons. The normalized spacial score (nSPS) is 11.4. The van der Waals surface area contributed by atoms with Crippen LogP contribution in [0.4, 0.5) is 0 Å². The van der Waals surface area contributed by atoms with Gasteiger partial charge in [-0.25, -0.2) is 0 Å². The zero-order valence-corrected chi connectivity index (χ0v) is 13.9. The Morgan fingerprint density at radius 3 is 2.25 bits per heavy atom. The van der Waals surface area contributed by atoms with E-state index in [1.54, 1.807) is 36.4 Å². The highest BCUT2D eigenvalue weighted by Gasteiger charge is 2.09. The van der Waals surface area contributed by atoms with Crippen molar-refractivity contribution < 1.29 is 9.94 Å². The highest BCUT2D eigenvalue weighted by Crippen LogP contribution is 2.35. The lowest BCUT2D eigenvalue weighted by molar-refractivity contribution is 0.318. The molecule has 7 heteroatoms. The van der Waals surface area contributed by atoms with Crippen LogP contribution < -0.4 is 10.5 Å². The van der Waals surface area contributed by atoms with Crippen LogP contribution in [0.2, 0.25) is 5.02 Å². The van der Waals surface area contributed by atoms with Crippen LogP contribution in [0.15, 0.2) is 50.5 Å². The average molecular weight is 420 g/mol. The lowest BCUT2D eigenvalue weighted by Gasteiger charge is -2.10. The Morgan fingerprint density at radius 1 is 1.10 bits per heavy atom. The van der Waals surface area contributed by atoms with E-state index >= 15 is 0 Å². The SMILES string of the molecule is N/C(=N/O)c1ccc(Oc2ccc(Cl)cc2Br)c(Br)c1. The van der Waals surface area contributed by atoms with Crippen molar-refractivity contribution in [3.63, 3.8) is 0 Å². The van der Waals surface area contributed by atoms with E-state index in [9.17, 15) is 0 Å². The second-order valence-electron chi connectivity index (χ2n) is 3.81. The quantitative estimate of drug-likeness (QED) is 0.326. The van der Waals surface area contributed by atoms with Crippen molar-refractivity contribution in [2.45, 2.75) is 0 Å². The van der Waals surface area contributed by atoms with Crippen molar-refractivity contribution in [1.82, 2.24) is 0 Å². The Bertz CT molecular complexity index is 677. The molecule has 0 unspecified atom stereocenters. The molecule has 4 nitrogen and oxygen atoms in total. The van der Waals surface area contributed by atoms with Crippen molar-refractivity contribution in [3.8, 4) is 11.5 Å². The lowest BCUT2D eigenvalue weighted by atomic mass is 10.2. The topological polar surface area (TPSA) is 67.8 Å². The third-order valence-corrected chi connectivity index (χ3v) is 3.92. The molecule has 0 aromatic heterocycles. The maximum absolute atomic E-state index is 8.64. The molecule has 0 atom stereocenters. The highest BCUT2D eigenvalue weighted by atomic mass is 79.9. The predicted molar refractivity (Wildman–Crippen MR) is 85.9 cm³/mol. The van der Waals surface area contributed by atoms with Gasteiger partial charge in [0.25, 0.3) is 0 Å². The van der Waals surface area contributed by atoms with Crippen LogP contribution in [0.1, 0.15) is 5.56 Å². The largest absolute Gasteiger partial charge is 0.455 e. The molecule has 0 bridgehead atoms. The van der Waals surface area contributed by atoms with E-state index in [0.29, 0.717) is 26.6 Å². The molecule has 0 saturated heterocycles.